The van der Waals surface area contributed by atoms with E-state index in [0.29, 0.717) is 11.4 Å². The van der Waals surface area contributed by atoms with Crippen LogP contribution >= 0.6 is 0 Å². The minimum Gasteiger partial charge on any atom is -0.211 e. The van der Waals surface area contributed by atoms with Crippen molar-refractivity contribution in [2.45, 2.75) is 115 Å². The van der Waals surface area contributed by atoms with Gasteiger partial charge in [0.2, 0.25) is 10.0 Å². The first-order valence-electron chi connectivity index (χ1n) is 11.7. The number of nitrogens with one attached hydrogen (secondary N) is 1. The van der Waals surface area contributed by atoms with Crippen molar-refractivity contribution in [1.82, 2.24) is 4.72 Å². The molecule has 1 aromatic rings. The van der Waals surface area contributed by atoms with Crippen LogP contribution in [0, 0.1) is 0 Å². The van der Waals surface area contributed by atoms with Gasteiger partial charge in [-0.3, -0.25) is 0 Å². The van der Waals surface area contributed by atoms with Crippen LogP contribution in [0.3, 0.4) is 0 Å². The molecule has 0 aliphatic rings. The molecular formula is C24H43NO2S. The Balaban J connectivity index is 1.82. The number of unbranched alkanes of at least 4 members (excludes halogenated alkanes) is 15. The summed E-state index contributed by atoms with van der Waals surface area (Å²) in [6.07, 6.45) is 21.3. The van der Waals surface area contributed by atoms with E-state index in [1.54, 1.807) is 24.3 Å². The van der Waals surface area contributed by atoms with Gasteiger partial charge in [-0.15, -0.1) is 0 Å². The van der Waals surface area contributed by atoms with Gasteiger partial charge in [0.25, 0.3) is 0 Å². The number of hydrogen-bond acceptors (Lipinski definition) is 2. The number of sulfonamides is 1. The van der Waals surface area contributed by atoms with Gasteiger partial charge in [-0.05, 0) is 18.6 Å². The molecule has 0 unspecified atom stereocenters. The summed E-state index contributed by atoms with van der Waals surface area (Å²) >= 11 is 0. The smallest absolute Gasteiger partial charge is 0.211 e. The summed E-state index contributed by atoms with van der Waals surface area (Å²) in [5, 5.41) is 0. The maximum atomic E-state index is 12.1. The van der Waals surface area contributed by atoms with E-state index in [1.807, 2.05) is 6.07 Å². The summed E-state index contributed by atoms with van der Waals surface area (Å²) in [7, 11) is -3.33. The van der Waals surface area contributed by atoms with E-state index in [2.05, 4.69) is 11.6 Å². The van der Waals surface area contributed by atoms with Gasteiger partial charge in [0, 0.05) is 6.54 Å². The Morgan fingerprint density at radius 3 is 1.43 bits per heavy atom. The molecule has 0 spiro atoms. The van der Waals surface area contributed by atoms with Crippen LogP contribution in [0.15, 0.2) is 35.2 Å². The zero-order chi connectivity index (χ0) is 20.3. The van der Waals surface area contributed by atoms with Gasteiger partial charge in [0.05, 0.1) is 4.90 Å². The first-order chi connectivity index (χ1) is 13.7. The standard InChI is InChI=1S/C24H43NO2S/c1-2-3-4-5-6-7-8-9-10-11-12-13-14-15-16-20-23-25-28(26,27)24-21-18-17-19-22-24/h17-19,21-22,25H,2-16,20,23H2,1H3. The molecule has 0 fully saturated rings. The number of hydrogen-bond donors (Lipinski definition) is 1. The quantitative estimate of drug-likeness (QED) is 0.245. The van der Waals surface area contributed by atoms with Crippen molar-refractivity contribution < 1.29 is 8.42 Å². The van der Waals surface area contributed by atoms with Crippen molar-refractivity contribution in [2.24, 2.45) is 0 Å². The molecule has 3 nitrogen and oxygen atoms in total. The van der Waals surface area contributed by atoms with Gasteiger partial charge in [0.1, 0.15) is 0 Å². The predicted molar refractivity (Wildman–Crippen MR) is 121 cm³/mol. The highest BCUT2D eigenvalue weighted by Gasteiger charge is 2.11. The lowest BCUT2D eigenvalue weighted by molar-refractivity contribution is 0.528. The van der Waals surface area contributed by atoms with E-state index >= 15 is 0 Å². The average molecular weight is 410 g/mol. The molecule has 1 rings (SSSR count). The van der Waals surface area contributed by atoms with Gasteiger partial charge in [-0.2, -0.15) is 0 Å². The van der Waals surface area contributed by atoms with E-state index in [1.165, 1.54) is 89.9 Å². The third kappa shape index (κ3) is 13.3. The van der Waals surface area contributed by atoms with E-state index in [9.17, 15) is 8.42 Å². The molecule has 0 saturated carbocycles. The second-order valence-corrected chi connectivity index (χ2v) is 9.78. The molecule has 28 heavy (non-hydrogen) atoms. The van der Waals surface area contributed by atoms with E-state index in [-0.39, 0.29) is 0 Å². The molecule has 0 radical (unpaired) electrons. The normalized spacial score (nSPS) is 11.8. The molecule has 0 amide bonds. The molecule has 1 aromatic carbocycles. The Hall–Kier alpha value is -0.870. The van der Waals surface area contributed by atoms with Crippen molar-refractivity contribution in [3.05, 3.63) is 30.3 Å². The average Bonchev–Trinajstić information content (AvgIpc) is 2.71. The van der Waals surface area contributed by atoms with Crippen LogP contribution in [-0.2, 0) is 10.0 Å². The van der Waals surface area contributed by atoms with Crippen LogP contribution in [0.25, 0.3) is 0 Å². The van der Waals surface area contributed by atoms with Crippen LogP contribution in [0.4, 0.5) is 0 Å². The Bertz CT molecular complexity index is 557. The topological polar surface area (TPSA) is 46.2 Å². The van der Waals surface area contributed by atoms with Crippen LogP contribution in [-0.4, -0.2) is 15.0 Å². The van der Waals surface area contributed by atoms with Crippen LogP contribution in [0.1, 0.15) is 110 Å². The van der Waals surface area contributed by atoms with Crippen LogP contribution in [0.5, 0.6) is 0 Å². The summed E-state index contributed by atoms with van der Waals surface area (Å²) in [6.45, 7) is 2.81. The Morgan fingerprint density at radius 1 is 0.607 bits per heavy atom. The molecule has 0 aliphatic carbocycles. The van der Waals surface area contributed by atoms with E-state index in [4.69, 9.17) is 0 Å². The fourth-order valence-corrected chi connectivity index (χ4v) is 4.66. The maximum absolute atomic E-state index is 12.1. The fraction of sp³-hybridized carbons (Fsp3) is 0.750. The third-order valence-electron chi connectivity index (χ3n) is 5.38. The molecule has 0 atom stereocenters. The molecule has 0 heterocycles. The lowest BCUT2D eigenvalue weighted by Crippen LogP contribution is -2.24. The minimum absolute atomic E-state index is 0.353. The molecule has 1 N–H and O–H groups in total. The molecule has 162 valence electrons. The fourth-order valence-electron chi connectivity index (χ4n) is 3.56. The molecule has 0 saturated heterocycles. The lowest BCUT2D eigenvalue weighted by Gasteiger charge is -2.06. The van der Waals surface area contributed by atoms with Crippen molar-refractivity contribution in [3.63, 3.8) is 0 Å². The monoisotopic (exact) mass is 409 g/mol. The van der Waals surface area contributed by atoms with Crippen molar-refractivity contribution >= 4 is 10.0 Å². The molecule has 4 heteroatoms. The highest BCUT2D eigenvalue weighted by Crippen LogP contribution is 2.14. The highest BCUT2D eigenvalue weighted by molar-refractivity contribution is 7.89. The van der Waals surface area contributed by atoms with E-state index in [0.717, 1.165) is 12.8 Å². The Kier molecular flexibility index (Phi) is 15.3. The van der Waals surface area contributed by atoms with Gasteiger partial charge in [0.15, 0.2) is 0 Å². The second-order valence-electron chi connectivity index (χ2n) is 8.01. The van der Waals surface area contributed by atoms with Gasteiger partial charge >= 0.3 is 0 Å². The highest BCUT2D eigenvalue weighted by atomic mass is 32.2. The molecule has 0 bridgehead atoms. The zero-order valence-corrected chi connectivity index (χ0v) is 18.9. The summed E-state index contributed by atoms with van der Waals surface area (Å²) in [5.74, 6) is 0. The summed E-state index contributed by atoms with van der Waals surface area (Å²) in [6, 6.07) is 8.60. The number of benzene rings is 1. The van der Waals surface area contributed by atoms with Gasteiger partial charge in [-0.1, -0.05) is 121 Å². The van der Waals surface area contributed by atoms with Gasteiger partial charge in [-0.25, -0.2) is 13.1 Å². The van der Waals surface area contributed by atoms with Crippen molar-refractivity contribution in [1.29, 1.82) is 0 Å². The summed E-state index contributed by atoms with van der Waals surface area (Å²) in [4.78, 5) is 0.353. The van der Waals surface area contributed by atoms with Crippen LogP contribution in [0.2, 0.25) is 0 Å². The van der Waals surface area contributed by atoms with Gasteiger partial charge < -0.3 is 0 Å². The lowest BCUT2D eigenvalue weighted by atomic mass is 10.0. The summed E-state index contributed by atoms with van der Waals surface area (Å²) < 4.78 is 26.9. The SMILES string of the molecule is CCCCCCCCCCCCCCCCCCNS(=O)(=O)c1ccccc1. The molecule has 0 aromatic heterocycles. The summed E-state index contributed by atoms with van der Waals surface area (Å²) in [5.41, 5.74) is 0. The Morgan fingerprint density at radius 2 is 1.00 bits per heavy atom. The first kappa shape index (κ1) is 25.2. The first-order valence-corrected chi connectivity index (χ1v) is 13.2. The predicted octanol–water partition coefficient (Wildman–Crippen LogP) is 7.23. The Labute approximate surface area is 174 Å². The van der Waals surface area contributed by atoms with Crippen LogP contribution < -0.4 is 4.72 Å². The second kappa shape index (κ2) is 17.0. The zero-order valence-electron chi connectivity index (χ0n) is 18.1. The minimum atomic E-state index is -3.33. The van der Waals surface area contributed by atoms with Crippen molar-refractivity contribution in [2.75, 3.05) is 6.54 Å². The van der Waals surface area contributed by atoms with Crippen molar-refractivity contribution in [3.8, 4) is 0 Å². The maximum Gasteiger partial charge on any atom is 0.240 e. The van der Waals surface area contributed by atoms with E-state index < -0.39 is 10.0 Å². The number of rotatable bonds is 19. The largest absolute Gasteiger partial charge is 0.240 e. The third-order valence-corrected chi connectivity index (χ3v) is 6.85. The molecule has 0 aliphatic heterocycles. The molecular weight excluding hydrogens is 366 g/mol.